The fraction of sp³-hybridized carbons (Fsp3) is 0.235. The molecule has 6 nitrogen and oxygen atoms in total. The van der Waals surface area contributed by atoms with Gasteiger partial charge in [-0.25, -0.2) is 18.4 Å². The third-order valence-electron chi connectivity index (χ3n) is 3.57. The van der Waals surface area contributed by atoms with Crippen LogP contribution in [0, 0.1) is 0 Å². The van der Waals surface area contributed by atoms with Gasteiger partial charge in [-0.05, 0) is 23.3 Å². The molecule has 0 radical (unpaired) electrons. The number of sulfonamides is 1. The molecule has 25 heavy (non-hydrogen) atoms. The van der Waals surface area contributed by atoms with Crippen molar-refractivity contribution in [3.8, 4) is 0 Å². The second kappa shape index (κ2) is 8.33. The van der Waals surface area contributed by atoms with Crippen LogP contribution in [0.25, 0.3) is 0 Å². The Kier molecular flexibility index (Phi) is 6.41. The van der Waals surface area contributed by atoms with Crippen LogP contribution in [0.15, 0.2) is 47.4 Å². The molecule has 8 heteroatoms. The number of hydrogen-bond donors (Lipinski definition) is 2. The zero-order valence-corrected chi connectivity index (χ0v) is 15.2. The quantitative estimate of drug-likeness (QED) is 0.565. The van der Waals surface area contributed by atoms with E-state index < -0.39 is 16.0 Å². The van der Waals surface area contributed by atoms with E-state index in [1.54, 1.807) is 6.07 Å². The summed E-state index contributed by atoms with van der Waals surface area (Å²) in [6.45, 7) is 0.401. The molecule has 0 aliphatic carbocycles. The average molecular weight is 383 g/mol. The molecule has 2 rings (SSSR count). The predicted molar refractivity (Wildman–Crippen MR) is 97.6 cm³/mol. The van der Waals surface area contributed by atoms with Crippen LogP contribution in [0.2, 0.25) is 0 Å². The molecule has 0 saturated heterocycles. The molecule has 134 valence electrons. The number of halogens is 1. The molecule has 0 aliphatic heterocycles. The van der Waals surface area contributed by atoms with Gasteiger partial charge in [-0.3, -0.25) is 0 Å². The Balaban J connectivity index is 2.65. The van der Waals surface area contributed by atoms with Gasteiger partial charge in [-0.1, -0.05) is 30.3 Å². The van der Waals surface area contributed by atoms with Crippen molar-refractivity contribution >= 4 is 33.3 Å². The minimum atomic E-state index is -4.05. The van der Waals surface area contributed by atoms with Gasteiger partial charge in [-0.15, -0.1) is 11.6 Å². The number of esters is 1. The first-order valence-corrected chi connectivity index (χ1v) is 9.56. The van der Waals surface area contributed by atoms with Gasteiger partial charge in [0.1, 0.15) is 0 Å². The lowest BCUT2D eigenvalue weighted by Gasteiger charge is -2.17. The fourth-order valence-electron chi connectivity index (χ4n) is 2.46. The molecule has 0 fully saturated rings. The van der Waals surface area contributed by atoms with Crippen molar-refractivity contribution < 1.29 is 17.9 Å². The molecular weight excluding hydrogens is 364 g/mol. The first-order valence-electron chi connectivity index (χ1n) is 7.48. The van der Waals surface area contributed by atoms with E-state index in [1.165, 1.54) is 13.2 Å². The van der Waals surface area contributed by atoms with Crippen molar-refractivity contribution in [2.75, 3.05) is 24.9 Å². The van der Waals surface area contributed by atoms with Gasteiger partial charge in [0, 0.05) is 24.5 Å². The average Bonchev–Trinajstić information content (AvgIpc) is 2.59. The van der Waals surface area contributed by atoms with Crippen LogP contribution in [0.1, 0.15) is 21.5 Å². The normalized spacial score (nSPS) is 11.2. The number of alkyl halides is 1. The van der Waals surface area contributed by atoms with Gasteiger partial charge in [0.05, 0.1) is 17.6 Å². The molecule has 2 aromatic rings. The summed E-state index contributed by atoms with van der Waals surface area (Å²) in [4.78, 5) is 11.8. The van der Waals surface area contributed by atoms with Crippen molar-refractivity contribution in [1.29, 1.82) is 0 Å². The molecule has 0 spiro atoms. The summed E-state index contributed by atoms with van der Waals surface area (Å²) in [5.74, 6) is -0.331. The fourth-order valence-corrected chi connectivity index (χ4v) is 3.37. The number of benzene rings is 2. The van der Waals surface area contributed by atoms with Crippen LogP contribution in [0.4, 0.5) is 5.69 Å². The molecule has 0 aliphatic rings. The standard InChI is InChI=1S/C17H19ClN2O4S/c1-24-17(21)13-10-15(20-8-7-18)14(16(11-13)25(19,22)23)9-12-5-3-2-4-6-12/h2-6,10-11,20H,7-9H2,1H3,(H2,19,22,23). The van der Waals surface area contributed by atoms with Crippen LogP contribution in [-0.2, 0) is 21.2 Å². The maximum atomic E-state index is 12.1. The Morgan fingerprint density at radius 2 is 1.92 bits per heavy atom. The number of hydrogen-bond acceptors (Lipinski definition) is 5. The minimum Gasteiger partial charge on any atom is -0.465 e. The Morgan fingerprint density at radius 1 is 1.24 bits per heavy atom. The molecule has 2 aromatic carbocycles. The van der Waals surface area contributed by atoms with Gasteiger partial charge in [-0.2, -0.15) is 0 Å². The van der Waals surface area contributed by atoms with Gasteiger partial charge < -0.3 is 10.1 Å². The highest BCUT2D eigenvalue weighted by Crippen LogP contribution is 2.29. The Morgan fingerprint density at radius 3 is 2.48 bits per heavy atom. The smallest absolute Gasteiger partial charge is 0.337 e. The Labute approximate surface area is 152 Å². The highest BCUT2D eigenvalue weighted by molar-refractivity contribution is 7.89. The van der Waals surface area contributed by atoms with Crippen LogP contribution >= 0.6 is 11.6 Å². The summed E-state index contributed by atoms with van der Waals surface area (Å²) >= 11 is 5.73. The number of carbonyl (C=O) groups is 1. The summed E-state index contributed by atoms with van der Waals surface area (Å²) in [7, 11) is -2.82. The maximum absolute atomic E-state index is 12.1. The zero-order valence-electron chi connectivity index (χ0n) is 13.7. The third kappa shape index (κ3) is 4.94. The van der Waals surface area contributed by atoms with Crippen molar-refractivity contribution in [2.45, 2.75) is 11.3 Å². The van der Waals surface area contributed by atoms with E-state index in [1.807, 2.05) is 30.3 Å². The van der Waals surface area contributed by atoms with E-state index in [2.05, 4.69) is 5.32 Å². The largest absolute Gasteiger partial charge is 0.465 e. The second-order valence-corrected chi connectivity index (χ2v) is 7.22. The van der Waals surface area contributed by atoms with Crippen LogP contribution < -0.4 is 10.5 Å². The van der Waals surface area contributed by atoms with E-state index in [0.717, 1.165) is 5.56 Å². The number of rotatable bonds is 7. The lowest BCUT2D eigenvalue weighted by Crippen LogP contribution is -2.18. The lowest BCUT2D eigenvalue weighted by atomic mass is 10.0. The topological polar surface area (TPSA) is 98.5 Å². The van der Waals surface area contributed by atoms with Gasteiger partial charge in [0.2, 0.25) is 10.0 Å². The van der Waals surface area contributed by atoms with Crippen LogP contribution in [0.3, 0.4) is 0 Å². The lowest BCUT2D eigenvalue weighted by molar-refractivity contribution is 0.0600. The number of primary sulfonamides is 1. The molecule has 0 atom stereocenters. The molecule has 0 aromatic heterocycles. The SMILES string of the molecule is COC(=O)c1cc(NCCCl)c(Cc2ccccc2)c(S(N)(=O)=O)c1. The van der Waals surface area contributed by atoms with E-state index in [0.29, 0.717) is 30.1 Å². The van der Waals surface area contributed by atoms with E-state index >= 15 is 0 Å². The van der Waals surface area contributed by atoms with E-state index in [-0.39, 0.29) is 10.5 Å². The summed E-state index contributed by atoms with van der Waals surface area (Å²) in [5.41, 5.74) is 1.97. The van der Waals surface area contributed by atoms with Crippen LogP contribution in [-0.4, -0.2) is 33.9 Å². The minimum absolute atomic E-state index is 0.0976. The number of methoxy groups -OCH3 is 1. The molecule has 0 unspecified atom stereocenters. The van der Waals surface area contributed by atoms with Gasteiger partial charge >= 0.3 is 5.97 Å². The highest BCUT2D eigenvalue weighted by atomic mass is 35.5. The summed E-state index contributed by atoms with van der Waals surface area (Å²) in [5, 5.41) is 8.44. The number of carbonyl (C=O) groups excluding carboxylic acids is 1. The second-order valence-electron chi connectivity index (χ2n) is 5.32. The van der Waals surface area contributed by atoms with Crippen molar-refractivity contribution in [1.82, 2.24) is 0 Å². The summed E-state index contributed by atoms with van der Waals surface area (Å²) in [6, 6.07) is 12.1. The monoisotopic (exact) mass is 382 g/mol. The van der Waals surface area contributed by atoms with Crippen LogP contribution in [0.5, 0.6) is 0 Å². The summed E-state index contributed by atoms with van der Waals surface area (Å²) < 4.78 is 28.9. The molecule has 0 amide bonds. The maximum Gasteiger partial charge on any atom is 0.337 e. The number of anilines is 1. The number of ether oxygens (including phenoxy) is 1. The number of nitrogens with two attached hydrogens (primary N) is 1. The first-order chi connectivity index (χ1) is 11.9. The number of nitrogens with one attached hydrogen (secondary N) is 1. The summed E-state index contributed by atoms with van der Waals surface area (Å²) in [6.07, 6.45) is 0.332. The van der Waals surface area contributed by atoms with Crippen molar-refractivity contribution in [2.24, 2.45) is 5.14 Å². The van der Waals surface area contributed by atoms with Crippen molar-refractivity contribution in [3.05, 3.63) is 59.2 Å². The molecular formula is C17H19ClN2O4S. The third-order valence-corrected chi connectivity index (χ3v) is 4.74. The molecule has 3 N–H and O–H groups in total. The molecule has 0 heterocycles. The van der Waals surface area contributed by atoms with Gasteiger partial charge in [0.25, 0.3) is 0 Å². The first kappa shape index (κ1) is 19.2. The molecule has 0 saturated carbocycles. The predicted octanol–water partition coefficient (Wildman–Crippen LogP) is 2.36. The molecule has 0 bridgehead atoms. The zero-order chi connectivity index (χ0) is 18.4. The Bertz CT molecular complexity index is 854. The van der Waals surface area contributed by atoms with E-state index in [4.69, 9.17) is 21.5 Å². The highest BCUT2D eigenvalue weighted by Gasteiger charge is 2.22. The van der Waals surface area contributed by atoms with Crippen molar-refractivity contribution in [3.63, 3.8) is 0 Å². The van der Waals surface area contributed by atoms with Gasteiger partial charge in [0.15, 0.2) is 0 Å². The Hall–Kier alpha value is -2.09. The van der Waals surface area contributed by atoms with E-state index in [9.17, 15) is 13.2 Å².